The largest absolute Gasteiger partial charge is 0.380 e. The van der Waals surface area contributed by atoms with Crippen molar-refractivity contribution in [2.75, 3.05) is 0 Å². The Kier molecular flexibility index (Phi) is 4.41. The van der Waals surface area contributed by atoms with E-state index >= 15 is 0 Å². The van der Waals surface area contributed by atoms with Gasteiger partial charge in [0.05, 0.1) is 6.04 Å². The van der Waals surface area contributed by atoms with Gasteiger partial charge in [0, 0.05) is 11.9 Å². The molecule has 1 unspecified atom stereocenters. The molecule has 0 saturated heterocycles. The summed E-state index contributed by atoms with van der Waals surface area (Å²) in [7, 11) is 0. The third-order valence-corrected chi connectivity index (χ3v) is 1.17. The molecule has 0 bridgehead atoms. The van der Waals surface area contributed by atoms with Gasteiger partial charge in [-0.3, -0.25) is 0 Å². The molecular weight excluding hydrogens is 150 g/mol. The fraction of sp³-hybridized carbons (Fsp3) is 0.571. The van der Waals surface area contributed by atoms with E-state index in [9.17, 15) is 8.78 Å². The number of halogens is 2. The molecule has 0 aliphatic carbocycles. The average molecular weight is 162 g/mol. The first-order valence-electron chi connectivity index (χ1n) is 3.30. The molecule has 0 heterocycles. The Morgan fingerprint density at radius 3 is 2.45 bits per heavy atom. The van der Waals surface area contributed by atoms with E-state index in [-0.39, 0.29) is 0 Å². The van der Waals surface area contributed by atoms with Crippen molar-refractivity contribution >= 4 is 6.21 Å². The van der Waals surface area contributed by atoms with E-state index in [4.69, 9.17) is 5.41 Å². The summed E-state index contributed by atoms with van der Waals surface area (Å²) < 4.78 is 23.8. The highest BCUT2D eigenvalue weighted by molar-refractivity contribution is 5.68. The molecular formula is C7H12F2N2. The summed E-state index contributed by atoms with van der Waals surface area (Å²) in [6, 6.07) is -0.855. The summed E-state index contributed by atoms with van der Waals surface area (Å²) in [6.07, 6.45) is 0.114. The van der Waals surface area contributed by atoms with Gasteiger partial charge in [-0.25, -0.2) is 8.78 Å². The molecule has 0 aliphatic rings. The smallest absolute Gasteiger partial charge is 0.258 e. The highest BCUT2D eigenvalue weighted by Crippen LogP contribution is 2.01. The molecule has 11 heavy (non-hydrogen) atoms. The van der Waals surface area contributed by atoms with Gasteiger partial charge in [-0.2, -0.15) is 0 Å². The predicted molar refractivity (Wildman–Crippen MR) is 41.1 cm³/mol. The van der Waals surface area contributed by atoms with Gasteiger partial charge in [-0.15, -0.1) is 0 Å². The predicted octanol–water partition coefficient (Wildman–Crippen LogP) is 1.78. The van der Waals surface area contributed by atoms with Gasteiger partial charge in [-0.05, 0) is 19.9 Å². The monoisotopic (exact) mass is 162 g/mol. The molecule has 0 spiro atoms. The molecule has 0 saturated carbocycles. The minimum atomic E-state index is -2.37. The quantitative estimate of drug-likeness (QED) is 0.607. The van der Waals surface area contributed by atoms with Gasteiger partial charge in [0.1, 0.15) is 0 Å². The van der Waals surface area contributed by atoms with Crippen LogP contribution < -0.4 is 5.32 Å². The number of hydrogen-bond acceptors (Lipinski definition) is 2. The van der Waals surface area contributed by atoms with Crippen LogP contribution in [0.3, 0.4) is 0 Å². The van der Waals surface area contributed by atoms with Crippen molar-refractivity contribution in [3.63, 3.8) is 0 Å². The van der Waals surface area contributed by atoms with Crippen LogP contribution in [-0.2, 0) is 0 Å². The van der Waals surface area contributed by atoms with E-state index in [0.717, 1.165) is 6.21 Å². The van der Waals surface area contributed by atoms with Crippen LogP contribution in [0.2, 0.25) is 0 Å². The number of hydrogen-bond donors (Lipinski definition) is 2. The van der Waals surface area contributed by atoms with Gasteiger partial charge in [-0.1, -0.05) is 0 Å². The van der Waals surface area contributed by atoms with Crippen molar-refractivity contribution in [1.82, 2.24) is 5.32 Å². The zero-order valence-corrected chi connectivity index (χ0v) is 6.57. The Morgan fingerprint density at radius 1 is 1.55 bits per heavy atom. The second-order valence-corrected chi connectivity index (χ2v) is 2.28. The van der Waals surface area contributed by atoms with Crippen LogP contribution in [0.4, 0.5) is 8.78 Å². The molecule has 0 aromatic carbocycles. The molecule has 0 aromatic heterocycles. The first-order chi connectivity index (χ1) is 5.07. The normalized spacial score (nSPS) is 14.8. The number of allylic oxidation sites excluding steroid dienone is 2. The maximum atomic E-state index is 11.9. The summed E-state index contributed by atoms with van der Waals surface area (Å²) in [6.45, 7) is 3.04. The lowest BCUT2D eigenvalue weighted by atomic mass is 10.3. The van der Waals surface area contributed by atoms with Gasteiger partial charge < -0.3 is 10.7 Å². The fourth-order valence-electron chi connectivity index (χ4n) is 0.595. The van der Waals surface area contributed by atoms with Crippen LogP contribution in [0.1, 0.15) is 13.8 Å². The maximum absolute atomic E-state index is 11.9. The lowest BCUT2D eigenvalue weighted by molar-refractivity contribution is 0.111. The van der Waals surface area contributed by atoms with Crippen molar-refractivity contribution in [1.29, 1.82) is 5.41 Å². The van der Waals surface area contributed by atoms with Gasteiger partial charge >= 0.3 is 0 Å². The van der Waals surface area contributed by atoms with Crippen LogP contribution in [0.15, 0.2) is 11.8 Å². The Morgan fingerprint density at radius 2 is 2.09 bits per heavy atom. The van der Waals surface area contributed by atoms with Gasteiger partial charge in [0.25, 0.3) is 6.43 Å². The fourth-order valence-corrected chi connectivity index (χ4v) is 0.595. The third-order valence-electron chi connectivity index (χ3n) is 1.17. The van der Waals surface area contributed by atoms with Crippen molar-refractivity contribution in [2.45, 2.75) is 26.3 Å². The summed E-state index contributed by atoms with van der Waals surface area (Å²) in [5.41, 5.74) is 0.577. The Labute approximate surface area is 64.8 Å². The lowest BCUT2D eigenvalue weighted by Crippen LogP contribution is -2.31. The van der Waals surface area contributed by atoms with Crippen molar-refractivity contribution in [3.8, 4) is 0 Å². The lowest BCUT2D eigenvalue weighted by Gasteiger charge is -2.13. The molecule has 0 fully saturated rings. The number of rotatable bonds is 4. The molecule has 0 aliphatic heterocycles. The van der Waals surface area contributed by atoms with E-state index < -0.39 is 12.5 Å². The molecule has 4 heteroatoms. The summed E-state index contributed by atoms with van der Waals surface area (Å²) in [5, 5.41) is 9.20. The molecule has 0 amide bonds. The minimum Gasteiger partial charge on any atom is -0.380 e. The molecule has 0 radical (unpaired) electrons. The summed E-state index contributed by atoms with van der Waals surface area (Å²) in [5.74, 6) is 0. The molecule has 0 aromatic rings. The van der Waals surface area contributed by atoms with Crippen molar-refractivity contribution in [3.05, 3.63) is 11.8 Å². The number of nitrogens with one attached hydrogen (secondary N) is 2. The zero-order chi connectivity index (χ0) is 8.85. The first-order valence-corrected chi connectivity index (χ1v) is 3.30. The topological polar surface area (TPSA) is 35.9 Å². The number of alkyl halides is 2. The molecule has 0 rings (SSSR count). The van der Waals surface area contributed by atoms with Crippen LogP contribution >= 0.6 is 0 Å². The Hall–Kier alpha value is -0.930. The summed E-state index contributed by atoms with van der Waals surface area (Å²) in [4.78, 5) is 0. The molecule has 2 N–H and O–H groups in total. The van der Waals surface area contributed by atoms with Crippen LogP contribution in [0.5, 0.6) is 0 Å². The highest BCUT2D eigenvalue weighted by Gasteiger charge is 2.12. The molecule has 64 valence electrons. The van der Waals surface area contributed by atoms with E-state index in [0.29, 0.717) is 5.70 Å². The SMILES string of the molecule is C/C(=C/C=N)NC(C)C(F)F. The van der Waals surface area contributed by atoms with E-state index in [1.807, 2.05) is 0 Å². The van der Waals surface area contributed by atoms with Crippen LogP contribution in [0, 0.1) is 5.41 Å². The Balaban J connectivity index is 3.84. The second-order valence-electron chi connectivity index (χ2n) is 2.28. The van der Waals surface area contributed by atoms with Crippen molar-refractivity contribution < 1.29 is 8.78 Å². The van der Waals surface area contributed by atoms with E-state index in [1.54, 1.807) is 6.92 Å². The standard InChI is InChI=1S/C7H12F2N2/c1-5(3-4-10)11-6(2)7(8)9/h3-4,6-7,10-11H,1-2H3/b5-3-,10-4?. The van der Waals surface area contributed by atoms with Crippen LogP contribution in [-0.4, -0.2) is 18.7 Å². The average Bonchev–Trinajstić information content (AvgIpc) is 1.87. The molecule has 2 nitrogen and oxygen atoms in total. The first kappa shape index (κ1) is 10.1. The van der Waals surface area contributed by atoms with Gasteiger partial charge in [0.15, 0.2) is 0 Å². The maximum Gasteiger partial charge on any atom is 0.258 e. The van der Waals surface area contributed by atoms with E-state index in [1.165, 1.54) is 13.0 Å². The highest BCUT2D eigenvalue weighted by atomic mass is 19.3. The second kappa shape index (κ2) is 4.82. The van der Waals surface area contributed by atoms with Crippen molar-refractivity contribution in [2.24, 2.45) is 0 Å². The van der Waals surface area contributed by atoms with Gasteiger partial charge in [0.2, 0.25) is 0 Å². The Bertz CT molecular complexity index is 155. The third kappa shape index (κ3) is 4.47. The van der Waals surface area contributed by atoms with Crippen LogP contribution in [0.25, 0.3) is 0 Å². The minimum absolute atomic E-state index is 0.577. The summed E-state index contributed by atoms with van der Waals surface area (Å²) >= 11 is 0. The zero-order valence-electron chi connectivity index (χ0n) is 6.57. The molecule has 1 atom stereocenters. The van der Waals surface area contributed by atoms with E-state index in [2.05, 4.69) is 5.32 Å².